The van der Waals surface area contributed by atoms with Crippen molar-refractivity contribution < 1.29 is 13.9 Å². The van der Waals surface area contributed by atoms with Gasteiger partial charge in [0, 0.05) is 37.0 Å². The monoisotopic (exact) mass is 378 g/mol. The molecule has 0 amide bonds. The Bertz CT molecular complexity index is 930. The summed E-state index contributed by atoms with van der Waals surface area (Å²) in [7, 11) is 1.68. The predicted octanol–water partition coefficient (Wildman–Crippen LogP) is 4.47. The average Bonchev–Trinajstić information content (AvgIpc) is 2.75. The summed E-state index contributed by atoms with van der Waals surface area (Å²) in [6, 6.07) is 18.7. The van der Waals surface area contributed by atoms with Gasteiger partial charge in [0.05, 0.1) is 19.4 Å². The van der Waals surface area contributed by atoms with Crippen LogP contribution in [0.25, 0.3) is 11.1 Å². The molecular formula is C23H23FN2O2. The largest absolute Gasteiger partial charge is 0.497 e. The van der Waals surface area contributed by atoms with Crippen molar-refractivity contribution in [2.24, 2.45) is 0 Å². The number of rotatable bonds is 5. The van der Waals surface area contributed by atoms with Gasteiger partial charge in [-0.2, -0.15) is 0 Å². The lowest BCUT2D eigenvalue weighted by atomic mass is 10.1. The van der Waals surface area contributed by atoms with E-state index in [9.17, 15) is 4.39 Å². The molecule has 0 aliphatic carbocycles. The second kappa shape index (κ2) is 8.50. The van der Waals surface area contributed by atoms with Gasteiger partial charge >= 0.3 is 0 Å². The fourth-order valence-corrected chi connectivity index (χ4v) is 3.50. The molecule has 28 heavy (non-hydrogen) atoms. The molecule has 0 saturated carbocycles. The highest BCUT2D eigenvalue weighted by atomic mass is 19.1. The molecule has 144 valence electrons. The van der Waals surface area contributed by atoms with Gasteiger partial charge in [-0.25, -0.2) is 4.39 Å². The molecule has 0 bridgehead atoms. The molecule has 1 atom stereocenters. The third-order valence-electron chi connectivity index (χ3n) is 4.99. The maximum atomic E-state index is 14.0. The van der Waals surface area contributed by atoms with E-state index in [1.54, 1.807) is 25.4 Å². The van der Waals surface area contributed by atoms with Crippen LogP contribution in [0.5, 0.6) is 5.75 Å². The van der Waals surface area contributed by atoms with Crippen LogP contribution in [0.2, 0.25) is 0 Å². The normalized spacial score (nSPS) is 17.4. The minimum absolute atomic E-state index is 0.0889. The highest BCUT2D eigenvalue weighted by molar-refractivity contribution is 5.63. The number of hydrogen-bond donors (Lipinski definition) is 0. The summed E-state index contributed by atoms with van der Waals surface area (Å²) in [5.74, 6) is 0.628. The third kappa shape index (κ3) is 4.21. The molecule has 2 heterocycles. The number of nitrogens with zero attached hydrogens (tertiary/aromatic N) is 2. The van der Waals surface area contributed by atoms with E-state index in [0.717, 1.165) is 36.6 Å². The highest BCUT2D eigenvalue weighted by Crippen LogP contribution is 2.26. The Morgan fingerprint density at radius 2 is 2.04 bits per heavy atom. The van der Waals surface area contributed by atoms with E-state index in [-0.39, 0.29) is 11.9 Å². The van der Waals surface area contributed by atoms with Crippen molar-refractivity contribution in [3.8, 4) is 16.9 Å². The molecule has 1 aliphatic heterocycles. The summed E-state index contributed by atoms with van der Waals surface area (Å²) >= 11 is 0. The summed E-state index contributed by atoms with van der Waals surface area (Å²) in [5.41, 5.74) is 3.41. The zero-order valence-electron chi connectivity index (χ0n) is 15.8. The topological polar surface area (TPSA) is 34.6 Å². The first kappa shape index (κ1) is 18.6. The second-order valence-corrected chi connectivity index (χ2v) is 6.90. The molecule has 0 radical (unpaired) electrons. The molecule has 1 unspecified atom stereocenters. The van der Waals surface area contributed by atoms with Crippen molar-refractivity contribution in [2.75, 3.05) is 26.8 Å². The lowest BCUT2D eigenvalue weighted by Crippen LogP contribution is -2.38. The summed E-state index contributed by atoms with van der Waals surface area (Å²) < 4.78 is 25.2. The Balaban J connectivity index is 1.45. The van der Waals surface area contributed by atoms with Crippen molar-refractivity contribution in [2.45, 2.75) is 12.6 Å². The Hall–Kier alpha value is -2.76. The van der Waals surface area contributed by atoms with Crippen LogP contribution >= 0.6 is 0 Å². The van der Waals surface area contributed by atoms with Crippen molar-refractivity contribution in [3.05, 3.63) is 83.9 Å². The molecule has 5 heteroatoms. The second-order valence-electron chi connectivity index (χ2n) is 6.90. The molecule has 4 rings (SSSR count). The molecule has 2 aromatic carbocycles. The van der Waals surface area contributed by atoms with E-state index in [0.29, 0.717) is 12.2 Å². The Morgan fingerprint density at radius 1 is 1.14 bits per heavy atom. The fourth-order valence-electron chi connectivity index (χ4n) is 3.50. The fraction of sp³-hybridized carbons (Fsp3) is 0.261. The van der Waals surface area contributed by atoms with Crippen LogP contribution < -0.4 is 4.74 Å². The van der Waals surface area contributed by atoms with Gasteiger partial charge in [0.15, 0.2) is 0 Å². The molecule has 0 N–H and O–H groups in total. The van der Waals surface area contributed by atoms with Gasteiger partial charge in [-0.3, -0.25) is 9.88 Å². The number of methoxy groups -OCH3 is 1. The van der Waals surface area contributed by atoms with Crippen molar-refractivity contribution >= 4 is 0 Å². The highest BCUT2D eigenvalue weighted by Gasteiger charge is 2.23. The van der Waals surface area contributed by atoms with Gasteiger partial charge in [-0.15, -0.1) is 0 Å². The third-order valence-corrected chi connectivity index (χ3v) is 4.99. The van der Waals surface area contributed by atoms with E-state index < -0.39 is 0 Å². The van der Waals surface area contributed by atoms with E-state index in [1.807, 2.05) is 30.3 Å². The van der Waals surface area contributed by atoms with E-state index >= 15 is 0 Å². The smallest absolute Gasteiger partial charge is 0.131 e. The maximum absolute atomic E-state index is 14.0. The summed E-state index contributed by atoms with van der Waals surface area (Å²) in [5, 5.41) is 0. The first-order valence-electron chi connectivity index (χ1n) is 9.40. The van der Waals surface area contributed by atoms with Gasteiger partial charge in [0.2, 0.25) is 0 Å². The number of morpholine rings is 1. The lowest BCUT2D eigenvalue weighted by Gasteiger charge is -2.32. The summed E-state index contributed by atoms with van der Waals surface area (Å²) in [6.45, 7) is 3.14. The lowest BCUT2D eigenvalue weighted by molar-refractivity contribution is -0.0349. The minimum Gasteiger partial charge on any atom is -0.497 e. The molecule has 0 spiro atoms. The number of hydrogen-bond acceptors (Lipinski definition) is 4. The van der Waals surface area contributed by atoms with Crippen LogP contribution in [-0.2, 0) is 11.3 Å². The average molecular weight is 378 g/mol. The van der Waals surface area contributed by atoms with Crippen LogP contribution in [0.4, 0.5) is 4.39 Å². The van der Waals surface area contributed by atoms with Gasteiger partial charge < -0.3 is 9.47 Å². The Morgan fingerprint density at radius 3 is 2.82 bits per heavy atom. The zero-order valence-corrected chi connectivity index (χ0v) is 15.8. The van der Waals surface area contributed by atoms with Crippen LogP contribution in [0, 0.1) is 5.82 Å². The van der Waals surface area contributed by atoms with Crippen LogP contribution in [0.1, 0.15) is 17.4 Å². The molecule has 1 saturated heterocycles. The first-order valence-corrected chi connectivity index (χ1v) is 9.40. The number of benzene rings is 2. The molecular weight excluding hydrogens is 355 g/mol. The van der Waals surface area contributed by atoms with Gasteiger partial charge in [0.25, 0.3) is 0 Å². The molecule has 4 nitrogen and oxygen atoms in total. The first-order chi connectivity index (χ1) is 13.7. The Kier molecular flexibility index (Phi) is 5.65. The number of halogens is 1. The van der Waals surface area contributed by atoms with Crippen molar-refractivity contribution in [3.63, 3.8) is 0 Å². The van der Waals surface area contributed by atoms with Gasteiger partial charge in [0.1, 0.15) is 17.7 Å². The van der Waals surface area contributed by atoms with Crippen LogP contribution in [-0.4, -0.2) is 36.7 Å². The standard InChI is InChI=1S/C23H23FN2O2/c1-27-19-6-4-5-17(13-19)15-26-11-12-28-23(16-26)22-10-9-18(14-25-22)20-7-2-3-8-21(20)24/h2-10,13-14,23H,11-12,15-16H2,1H3. The molecule has 1 fully saturated rings. The zero-order chi connectivity index (χ0) is 19.3. The SMILES string of the molecule is COc1cccc(CN2CCOC(c3ccc(-c4ccccc4F)cn3)C2)c1. The predicted molar refractivity (Wildman–Crippen MR) is 107 cm³/mol. The Labute approximate surface area is 164 Å². The van der Waals surface area contributed by atoms with E-state index in [1.165, 1.54) is 11.6 Å². The van der Waals surface area contributed by atoms with Gasteiger partial charge in [-0.05, 0) is 29.8 Å². The maximum Gasteiger partial charge on any atom is 0.131 e. The van der Waals surface area contributed by atoms with Crippen molar-refractivity contribution in [1.82, 2.24) is 9.88 Å². The number of aromatic nitrogens is 1. The van der Waals surface area contributed by atoms with Crippen LogP contribution in [0.3, 0.4) is 0 Å². The van der Waals surface area contributed by atoms with Crippen LogP contribution in [0.15, 0.2) is 66.9 Å². The quantitative estimate of drug-likeness (QED) is 0.656. The molecule has 1 aliphatic rings. The van der Waals surface area contributed by atoms with Crippen molar-refractivity contribution in [1.29, 1.82) is 0 Å². The van der Waals surface area contributed by atoms with E-state index in [4.69, 9.17) is 9.47 Å². The number of pyridine rings is 1. The summed E-state index contributed by atoms with van der Waals surface area (Å²) in [6.07, 6.45) is 1.63. The van der Waals surface area contributed by atoms with E-state index in [2.05, 4.69) is 22.0 Å². The molecule has 3 aromatic rings. The number of ether oxygens (including phenoxy) is 2. The minimum atomic E-state index is -0.240. The molecule has 1 aromatic heterocycles. The van der Waals surface area contributed by atoms with Gasteiger partial charge in [-0.1, -0.05) is 36.4 Å². The summed E-state index contributed by atoms with van der Waals surface area (Å²) in [4.78, 5) is 6.91.